The Morgan fingerprint density at radius 2 is 1.73 bits per heavy atom. The molecular weight excluding hydrogens is 444 g/mol. The Balaban J connectivity index is 1.63. The van der Waals surface area contributed by atoms with Gasteiger partial charge in [-0.05, 0) is 68.0 Å². The molecule has 0 atom stereocenters. The largest absolute Gasteiger partial charge is 0.493 e. The molecule has 3 aromatic rings. The van der Waals surface area contributed by atoms with Gasteiger partial charge in [-0.3, -0.25) is 4.79 Å². The fraction of sp³-hybridized carbons (Fsp3) is 0.174. The van der Waals surface area contributed by atoms with Gasteiger partial charge in [0, 0.05) is 24.2 Å². The van der Waals surface area contributed by atoms with Gasteiger partial charge in [-0.2, -0.15) is 0 Å². The van der Waals surface area contributed by atoms with Crippen LogP contribution in [0.5, 0.6) is 11.5 Å². The predicted molar refractivity (Wildman–Crippen MR) is 126 cm³/mol. The first kappa shape index (κ1) is 23.7. The van der Waals surface area contributed by atoms with Crippen LogP contribution in [0.3, 0.4) is 0 Å². The van der Waals surface area contributed by atoms with Crippen molar-refractivity contribution in [3.05, 3.63) is 72.6 Å². The number of sulfonamides is 1. The van der Waals surface area contributed by atoms with Gasteiger partial charge in [0.05, 0.1) is 18.1 Å². The van der Waals surface area contributed by atoms with Crippen LogP contribution in [0, 0.1) is 0 Å². The first-order chi connectivity index (χ1) is 15.8. The van der Waals surface area contributed by atoms with Crippen molar-refractivity contribution in [3.8, 4) is 11.5 Å². The van der Waals surface area contributed by atoms with E-state index >= 15 is 0 Å². The third-order valence-corrected chi connectivity index (χ3v) is 5.55. The molecule has 9 nitrogen and oxygen atoms in total. The third kappa shape index (κ3) is 6.78. The van der Waals surface area contributed by atoms with E-state index in [1.807, 2.05) is 19.9 Å². The Morgan fingerprint density at radius 1 is 1.03 bits per heavy atom. The highest BCUT2D eigenvalue weighted by molar-refractivity contribution is 7.92. The van der Waals surface area contributed by atoms with Gasteiger partial charge in [0.25, 0.3) is 10.0 Å². The normalized spacial score (nSPS) is 11.4. The number of hydrogen-bond donors (Lipinski definition) is 2. The molecule has 0 aliphatic carbocycles. The van der Waals surface area contributed by atoms with E-state index in [4.69, 9.17) is 9.47 Å². The minimum absolute atomic E-state index is 0.00917. The topological polar surface area (TPSA) is 120 Å². The van der Waals surface area contributed by atoms with Gasteiger partial charge in [0.1, 0.15) is 0 Å². The monoisotopic (exact) mass is 468 g/mol. The smallest absolute Gasteiger partial charge is 0.264 e. The number of nitrogens with zero attached hydrogens (tertiary/aromatic N) is 2. The minimum Gasteiger partial charge on any atom is -0.493 e. The summed E-state index contributed by atoms with van der Waals surface area (Å²) in [6.07, 6.45) is 5.88. The highest BCUT2D eigenvalue weighted by atomic mass is 32.2. The molecule has 172 valence electrons. The maximum atomic E-state index is 12.4. The fourth-order valence-electron chi connectivity index (χ4n) is 2.74. The first-order valence-corrected chi connectivity index (χ1v) is 11.5. The molecule has 0 unspecified atom stereocenters. The molecule has 0 bridgehead atoms. The molecule has 0 fully saturated rings. The number of ether oxygens (including phenoxy) is 2. The zero-order chi connectivity index (χ0) is 23.8. The molecule has 33 heavy (non-hydrogen) atoms. The van der Waals surface area contributed by atoms with E-state index in [9.17, 15) is 13.2 Å². The Kier molecular flexibility index (Phi) is 7.62. The van der Waals surface area contributed by atoms with E-state index in [1.54, 1.807) is 31.4 Å². The van der Waals surface area contributed by atoms with Crippen LogP contribution in [-0.2, 0) is 14.8 Å². The Hall–Kier alpha value is -3.92. The van der Waals surface area contributed by atoms with Crippen LogP contribution >= 0.6 is 0 Å². The lowest BCUT2D eigenvalue weighted by Crippen LogP contribution is -2.15. The van der Waals surface area contributed by atoms with Crippen molar-refractivity contribution in [2.75, 3.05) is 17.1 Å². The van der Waals surface area contributed by atoms with E-state index in [2.05, 4.69) is 20.0 Å². The lowest BCUT2D eigenvalue weighted by atomic mass is 10.2. The lowest BCUT2D eigenvalue weighted by molar-refractivity contribution is -0.111. The van der Waals surface area contributed by atoms with Crippen LogP contribution in [0.4, 0.5) is 11.6 Å². The number of benzene rings is 2. The van der Waals surface area contributed by atoms with E-state index in [1.165, 1.54) is 42.7 Å². The van der Waals surface area contributed by atoms with Crippen LogP contribution in [0.15, 0.2) is 71.9 Å². The number of aromatic nitrogens is 2. The molecule has 1 amide bonds. The molecule has 1 heterocycles. The zero-order valence-corrected chi connectivity index (χ0v) is 19.2. The maximum absolute atomic E-state index is 12.4. The summed E-state index contributed by atoms with van der Waals surface area (Å²) in [5, 5.41) is 2.69. The summed E-state index contributed by atoms with van der Waals surface area (Å²) in [4.78, 5) is 20.0. The Bertz CT molecular complexity index is 1230. The van der Waals surface area contributed by atoms with Gasteiger partial charge in [-0.15, -0.1) is 0 Å². The number of carbonyl (C=O) groups excluding carboxylic acids is 1. The second-order valence-corrected chi connectivity index (χ2v) is 8.78. The molecule has 0 spiro atoms. The van der Waals surface area contributed by atoms with Gasteiger partial charge >= 0.3 is 0 Å². The summed E-state index contributed by atoms with van der Waals surface area (Å²) in [7, 11) is -2.30. The van der Waals surface area contributed by atoms with Crippen molar-refractivity contribution in [3.63, 3.8) is 0 Å². The van der Waals surface area contributed by atoms with E-state index in [0.717, 1.165) is 5.56 Å². The molecule has 2 N–H and O–H groups in total. The Morgan fingerprint density at radius 3 is 2.36 bits per heavy atom. The average Bonchev–Trinajstić information content (AvgIpc) is 2.79. The summed E-state index contributed by atoms with van der Waals surface area (Å²) >= 11 is 0. The van der Waals surface area contributed by atoms with E-state index in [-0.39, 0.29) is 22.9 Å². The molecule has 2 aromatic carbocycles. The maximum Gasteiger partial charge on any atom is 0.264 e. The highest BCUT2D eigenvalue weighted by Gasteiger charge is 2.15. The van der Waals surface area contributed by atoms with Gasteiger partial charge in [0.2, 0.25) is 11.9 Å². The van der Waals surface area contributed by atoms with Gasteiger partial charge in [-0.1, -0.05) is 6.07 Å². The second-order valence-electron chi connectivity index (χ2n) is 7.10. The number of methoxy groups -OCH3 is 1. The Labute approximate surface area is 192 Å². The molecular formula is C23H24N4O5S. The van der Waals surface area contributed by atoms with Crippen molar-refractivity contribution in [2.45, 2.75) is 24.8 Å². The molecule has 0 aliphatic heterocycles. The second kappa shape index (κ2) is 10.6. The number of carbonyl (C=O) groups is 1. The molecule has 0 radical (unpaired) electrons. The number of anilines is 2. The average molecular weight is 469 g/mol. The summed E-state index contributed by atoms with van der Waals surface area (Å²) in [5.74, 6) is 0.790. The minimum atomic E-state index is -3.85. The highest BCUT2D eigenvalue weighted by Crippen LogP contribution is 2.29. The molecule has 3 rings (SSSR count). The van der Waals surface area contributed by atoms with Crippen LogP contribution < -0.4 is 19.5 Å². The quantitative estimate of drug-likeness (QED) is 0.459. The van der Waals surface area contributed by atoms with Crippen molar-refractivity contribution in [2.24, 2.45) is 0 Å². The third-order valence-electron chi connectivity index (χ3n) is 4.20. The number of nitrogens with one attached hydrogen (secondary N) is 2. The van der Waals surface area contributed by atoms with Crippen LogP contribution in [0.2, 0.25) is 0 Å². The van der Waals surface area contributed by atoms with Gasteiger partial charge in [0.15, 0.2) is 11.5 Å². The first-order valence-electron chi connectivity index (χ1n) is 10.0. The van der Waals surface area contributed by atoms with Crippen LogP contribution in [-0.4, -0.2) is 37.5 Å². The molecule has 10 heteroatoms. The summed E-state index contributed by atoms with van der Waals surface area (Å²) < 4.78 is 38.2. The summed E-state index contributed by atoms with van der Waals surface area (Å²) in [6, 6.07) is 12.7. The van der Waals surface area contributed by atoms with Gasteiger partial charge < -0.3 is 14.8 Å². The summed E-state index contributed by atoms with van der Waals surface area (Å²) in [6.45, 7) is 3.85. The van der Waals surface area contributed by atoms with Crippen LogP contribution in [0.25, 0.3) is 6.08 Å². The molecule has 0 saturated carbocycles. The lowest BCUT2D eigenvalue weighted by Gasteiger charge is -2.13. The number of rotatable bonds is 9. The van der Waals surface area contributed by atoms with Crippen LogP contribution in [0.1, 0.15) is 19.4 Å². The van der Waals surface area contributed by atoms with Crippen molar-refractivity contribution in [1.82, 2.24) is 9.97 Å². The van der Waals surface area contributed by atoms with E-state index in [0.29, 0.717) is 17.2 Å². The predicted octanol–water partition coefficient (Wildman–Crippen LogP) is 3.73. The van der Waals surface area contributed by atoms with E-state index < -0.39 is 10.0 Å². The summed E-state index contributed by atoms with van der Waals surface area (Å²) in [5.41, 5.74) is 1.20. The zero-order valence-electron chi connectivity index (χ0n) is 18.3. The number of amides is 1. The fourth-order valence-corrected chi connectivity index (χ4v) is 3.70. The van der Waals surface area contributed by atoms with Crippen molar-refractivity contribution >= 4 is 33.6 Å². The molecule has 0 saturated heterocycles. The SMILES string of the molecule is COc1cc(/C=C/C(=O)Nc2ccc(S(=O)(=O)Nc3ncccn3)cc2)ccc1OC(C)C. The standard InChI is InChI=1S/C23H24N4O5S/c1-16(2)32-20-11-5-17(15-21(20)31-3)6-12-22(28)26-18-7-9-19(10-8-18)33(29,30)27-23-24-13-4-14-25-23/h4-16H,1-3H3,(H,26,28)(H,24,25,27)/b12-6+. The molecule has 1 aromatic heterocycles. The number of hydrogen-bond acceptors (Lipinski definition) is 7. The van der Waals surface area contributed by atoms with Crippen molar-refractivity contribution in [1.29, 1.82) is 0 Å². The van der Waals surface area contributed by atoms with Gasteiger partial charge in [-0.25, -0.2) is 23.1 Å². The molecule has 0 aliphatic rings. The van der Waals surface area contributed by atoms with Crippen molar-refractivity contribution < 1.29 is 22.7 Å².